The summed E-state index contributed by atoms with van der Waals surface area (Å²) in [7, 11) is 3.24. The molecule has 0 aliphatic heterocycles. The van der Waals surface area contributed by atoms with Gasteiger partial charge >= 0.3 is 0 Å². The van der Waals surface area contributed by atoms with Crippen molar-refractivity contribution >= 4 is 0 Å². The van der Waals surface area contributed by atoms with Crippen LogP contribution in [0, 0.1) is 0 Å². The van der Waals surface area contributed by atoms with E-state index in [4.69, 9.17) is 14.2 Å². The highest BCUT2D eigenvalue weighted by Crippen LogP contribution is 2.27. The maximum absolute atomic E-state index is 5.46. The summed E-state index contributed by atoms with van der Waals surface area (Å²) in [5.41, 5.74) is 2.07. The molecule has 1 aromatic rings. The third kappa shape index (κ3) is 3.59. The van der Waals surface area contributed by atoms with Crippen molar-refractivity contribution in [2.45, 2.75) is 13.5 Å². The predicted octanol–water partition coefficient (Wildman–Crippen LogP) is 2.80. The Balaban J connectivity index is 2.64. The minimum absolute atomic E-state index is 0.549. The van der Waals surface area contributed by atoms with Gasteiger partial charge < -0.3 is 14.2 Å². The first kappa shape index (κ1) is 12.6. The van der Waals surface area contributed by atoms with Gasteiger partial charge in [-0.2, -0.15) is 0 Å². The lowest BCUT2D eigenvalue weighted by molar-refractivity contribution is 0.142. The molecule has 3 nitrogen and oxygen atoms in total. The zero-order valence-electron chi connectivity index (χ0n) is 10.1. The molecule has 0 radical (unpaired) electrons. The van der Waals surface area contributed by atoms with Crippen LogP contribution in [0.3, 0.4) is 0 Å². The van der Waals surface area contributed by atoms with E-state index in [1.807, 2.05) is 25.1 Å². The fourth-order valence-corrected chi connectivity index (χ4v) is 1.31. The largest absolute Gasteiger partial charge is 0.493 e. The van der Waals surface area contributed by atoms with Crippen LogP contribution in [0.4, 0.5) is 0 Å². The Hall–Kier alpha value is -1.48. The third-order valence-electron chi connectivity index (χ3n) is 2.07. The van der Waals surface area contributed by atoms with Crippen LogP contribution in [0.25, 0.3) is 0 Å². The van der Waals surface area contributed by atoms with Gasteiger partial charge in [0.2, 0.25) is 0 Å². The van der Waals surface area contributed by atoms with E-state index < -0.39 is 0 Å². The smallest absolute Gasteiger partial charge is 0.161 e. The number of rotatable bonds is 6. The van der Waals surface area contributed by atoms with Gasteiger partial charge in [-0.25, -0.2) is 0 Å². The molecule has 0 saturated carbocycles. The van der Waals surface area contributed by atoms with Crippen molar-refractivity contribution in [3.8, 4) is 11.5 Å². The van der Waals surface area contributed by atoms with E-state index in [1.165, 1.54) is 0 Å². The average Bonchev–Trinajstić information content (AvgIpc) is 2.28. The summed E-state index contributed by atoms with van der Waals surface area (Å²) >= 11 is 0. The molecule has 0 atom stereocenters. The van der Waals surface area contributed by atoms with Crippen LogP contribution in [0.1, 0.15) is 12.5 Å². The first-order chi connectivity index (χ1) is 7.67. The fourth-order valence-electron chi connectivity index (χ4n) is 1.31. The maximum Gasteiger partial charge on any atom is 0.161 e. The van der Waals surface area contributed by atoms with Gasteiger partial charge in [0.15, 0.2) is 11.5 Å². The zero-order chi connectivity index (χ0) is 12.0. The van der Waals surface area contributed by atoms with Crippen molar-refractivity contribution in [1.82, 2.24) is 0 Å². The molecule has 1 aromatic carbocycles. The monoisotopic (exact) mass is 222 g/mol. The van der Waals surface area contributed by atoms with Crippen molar-refractivity contribution in [3.63, 3.8) is 0 Å². The van der Waals surface area contributed by atoms with E-state index >= 15 is 0 Å². The van der Waals surface area contributed by atoms with Gasteiger partial charge in [0.25, 0.3) is 0 Å². The highest BCUT2D eigenvalue weighted by atomic mass is 16.5. The molecule has 1 rings (SSSR count). The molecule has 3 heteroatoms. The first-order valence-electron chi connectivity index (χ1n) is 5.10. The number of ether oxygens (including phenoxy) is 3. The second-order valence-electron chi connectivity index (χ2n) is 3.64. The van der Waals surface area contributed by atoms with Crippen LogP contribution >= 0.6 is 0 Å². The molecule has 0 aliphatic carbocycles. The molecule has 0 aromatic heterocycles. The molecule has 0 fully saturated rings. The molecule has 0 unspecified atom stereocenters. The molecule has 0 spiro atoms. The molecule has 0 amide bonds. The lowest BCUT2D eigenvalue weighted by Crippen LogP contribution is -1.97. The minimum atomic E-state index is 0.549. The highest BCUT2D eigenvalue weighted by molar-refractivity contribution is 5.42. The van der Waals surface area contributed by atoms with E-state index in [2.05, 4.69) is 6.58 Å². The van der Waals surface area contributed by atoms with Crippen LogP contribution in [-0.2, 0) is 11.3 Å². The van der Waals surface area contributed by atoms with E-state index in [9.17, 15) is 0 Å². The summed E-state index contributed by atoms with van der Waals surface area (Å²) in [6, 6.07) is 5.75. The van der Waals surface area contributed by atoms with E-state index in [1.54, 1.807) is 14.2 Å². The van der Waals surface area contributed by atoms with Crippen LogP contribution in [-0.4, -0.2) is 20.8 Å². The van der Waals surface area contributed by atoms with Gasteiger partial charge in [-0.3, -0.25) is 0 Å². The Morgan fingerprint density at radius 2 is 1.88 bits per heavy atom. The molecular formula is C13H18O3. The van der Waals surface area contributed by atoms with Gasteiger partial charge in [-0.15, -0.1) is 0 Å². The second-order valence-corrected chi connectivity index (χ2v) is 3.64. The molecule has 0 heterocycles. The molecular weight excluding hydrogens is 204 g/mol. The summed E-state index contributed by atoms with van der Waals surface area (Å²) < 4.78 is 15.8. The molecule has 88 valence electrons. The molecule has 0 bridgehead atoms. The van der Waals surface area contributed by atoms with Gasteiger partial charge in [0.05, 0.1) is 27.4 Å². The van der Waals surface area contributed by atoms with E-state index in [-0.39, 0.29) is 0 Å². The van der Waals surface area contributed by atoms with Crippen LogP contribution in [0.2, 0.25) is 0 Å². The Morgan fingerprint density at radius 1 is 1.19 bits per heavy atom. The van der Waals surface area contributed by atoms with Crippen LogP contribution in [0.5, 0.6) is 11.5 Å². The average molecular weight is 222 g/mol. The topological polar surface area (TPSA) is 27.7 Å². The summed E-state index contributed by atoms with van der Waals surface area (Å²) in [6.07, 6.45) is 0. The molecule has 0 saturated heterocycles. The van der Waals surface area contributed by atoms with Gasteiger partial charge in [-0.05, 0) is 24.6 Å². The lowest BCUT2D eigenvalue weighted by atomic mass is 10.2. The van der Waals surface area contributed by atoms with Gasteiger partial charge in [0, 0.05) is 0 Å². The van der Waals surface area contributed by atoms with Crippen molar-refractivity contribution in [1.29, 1.82) is 0 Å². The third-order valence-corrected chi connectivity index (χ3v) is 2.07. The van der Waals surface area contributed by atoms with Gasteiger partial charge in [0.1, 0.15) is 0 Å². The van der Waals surface area contributed by atoms with Crippen LogP contribution in [0.15, 0.2) is 30.4 Å². The number of methoxy groups -OCH3 is 2. The SMILES string of the molecule is C=C(C)COCc1ccc(OC)c(OC)c1. The summed E-state index contributed by atoms with van der Waals surface area (Å²) in [5.74, 6) is 1.45. The Bertz CT molecular complexity index is 358. The molecule has 16 heavy (non-hydrogen) atoms. The minimum Gasteiger partial charge on any atom is -0.493 e. The summed E-state index contributed by atoms with van der Waals surface area (Å²) in [6.45, 7) is 6.84. The second kappa shape index (κ2) is 6.18. The Morgan fingerprint density at radius 3 is 2.44 bits per heavy atom. The van der Waals surface area contributed by atoms with Crippen molar-refractivity contribution < 1.29 is 14.2 Å². The molecule has 0 N–H and O–H groups in total. The standard InChI is InChI=1S/C13H18O3/c1-10(2)8-16-9-11-5-6-12(14-3)13(7-11)15-4/h5-7H,1,8-9H2,2-4H3. The lowest BCUT2D eigenvalue weighted by Gasteiger charge is -2.09. The Kier molecular flexibility index (Phi) is 4.86. The number of benzene rings is 1. The van der Waals surface area contributed by atoms with Gasteiger partial charge in [-0.1, -0.05) is 18.2 Å². The first-order valence-corrected chi connectivity index (χ1v) is 5.10. The van der Waals surface area contributed by atoms with E-state index in [0.717, 1.165) is 22.6 Å². The predicted molar refractivity (Wildman–Crippen MR) is 64.0 cm³/mol. The van der Waals surface area contributed by atoms with E-state index in [0.29, 0.717) is 13.2 Å². The molecule has 0 aliphatic rings. The zero-order valence-corrected chi connectivity index (χ0v) is 10.1. The van der Waals surface area contributed by atoms with Crippen LogP contribution < -0.4 is 9.47 Å². The number of hydrogen-bond acceptors (Lipinski definition) is 3. The highest BCUT2D eigenvalue weighted by Gasteiger charge is 2.04. The summed E-state index contributed by atoms with van der Waals surface area (Å²) in [4.78, 5) is 0. The quantitative estimate of drug-likeness (QED) is 0.693. The fraction of sp³-hybridized carbons (Fsp3) is 0.385. The number of hydrogen-bond donors (Lipinski definition) is 0. The summed E-state index contributed by atoms with van der Waals surface area (Å²) in [5, 5.41) is 0. The van der Waals surface area contributed by atoms with Crippen molar-refractivity contribution in [3.05, 3.63) is 35.9 Å². The van der Waals surface area contributed by atoms with Crippen molar-refractivity contribution in [2.24, 2.45) is 0 Å². The maximum atomic E-state index is 5.46. The Labute approximate surface area is 96.6 Å². The normalized spacial score (nSPS) is 9.94. The van der Waals surface area contributed by atoms with Crippen molar-refractivity contribution in [2.75, 3.05) is 20.8 Å².